The smallest absolute Gasteiger partial charge is 0.129 e. The van der Waals surface area contributed by atoms with E-state index in [2.05, 4.69) is 11.1 Å². The Morgan fingerprint density at radius 1 is 1.53 bits per heavy atom. The van der Waals surface area contributed by atoms with E-state index in [-0.39, 0.29) is 0 Å². The van der Waals surface area contributed by atoms with Crippen LogP contribution in [0.15, 0.2) is 12.3 Å². The molecule has 0 spiro atoms. The third-order valence-corrected chi connectivity index (χ3v) is 2.52. The first-order valence-corrected chi connectivity index (χ1v) is 5.52. The van der Waals surface area contributed by atoms with Crippen molar-refractivity contribution in [2.45, 2.75) is 13.3 Å². The van der Waals surface area contributed by atoms with E-state index in [4.69, 9.17) is 15.7 Å². The Balaban J connectivity index is 2.80. The van der Waals surface area contributed by atoms with Crippen LogP contribution in [0.1, 0.15) is 12.0 Å². The van der Waals surface area contributed by atoms with Gasteiger partial charge in [0.2, 0.25) is 0 Å². The number of methoxy groups -OCH3 is 1. The van der Waals surface area contributed by atoms with Crippen molar-refractivity contribution in [2.24, 2.45) is 0 Å². The molecule has 0 radical (unpaired) electrons. The second-order valence-electron chi connectivity index (χ2n) is 3.79. The van der Waals surface area contributed by atoms with E-state index in [1.165, 1.54) is 0 Å². The van der Waals surface area contributed by atoms with Crippen molar-refractivity contribution in [3.63, 3.8) is 0 Å². The van der Waals surface area contributed by atoms with Crippen molar-refractivity contribution in [3.8, 4) is 6.07 Å². The number of aryl methyl sites for hydroxylation is 1. The average molecular weight is 234 g/mol. The van der Waals surface area contributed by atoms with Crippen LogP contribution in [0.5, 0.6) is 0 Å². The first-order valence-electron chi connectivity index (χ1n) is 5.52. The number of nitrogens with two attached hydrogens (primary N) is 1. The van der Waals surface area contributed by atoms with E-state index in [0.717, 1.165) is 11.4 Å². The minimum atomic E-state index is 0.467. The average Bonchev–Trinajstić information content (AvgIpc) is 2.33. The van der Waals surface area contributed by atoms with E-state index < -0.39 is 0 Å². The second kappa shape index (κ2) is 6.71. The largest absolute Gasteiger partial charge is 0.397 e. The zero-order valence-electron chi connectivity index (χ0n) is 10.3. The van der Waals surface area contributed by atoms with Crippen LogP contribution in [-0.4, -0.2) is 31.8 Å². The zero-order chi connectivity index (χ0) is 12.7. The van der Waals surface area contributed by atoms with Gasteiger partial charge in [-0.2, -0.15) is 5.26 Å². The van der Waals surface area contributed by atoms with Gasteiger partial charge < -0.3 is 15.4 Å². The summed E-state index contributed by atoms with van der Waals surface area (Å²) in [4.78, 5) is 6.31. The molecule has 0 fully saturated rings. The number of anilines is 2. The molecule has 0 aliphatic rings. The number of aromatic nitrogens is 1. The zero-order valence-corrected chi connectivity index (χ0v) is 10.3. The number of nitrogens with zero attached hydrogens (tertiary/aromatic N) is 3. The Bertz CT molecular complexity index is 400. The van der Waals surface area contributed by atoms with Crippen molar-refractivity contribution in [2.75, 3.05) is 37.4 Å². The van der Waals surface area contributed by atoms with Crippen LogP contribution in [0.3, 0.4) is 0 Å². The monoisotopic (exact) mass is 234 g/mol. The van der Waals surface area contributed by atoms with Gasteiger partial charge in [0.25, 0.3) is 0 Å². The fraction of sp³-hybridized carbons (Fsp3) is 0.500. The van der Waals surface area contributed by atoms with Crippen LogP contribution in [0.4, 0.5) is 11.5 Å². The number of nitriles is 1. The molecule has 2 N–H and O–H groups in total. The SMILES string of the molecule is COCCN(CCC#N)c1cc(C)c(N)cn1. The van der Waals surface area contributed by atoms with Crippen LogP contribution in [-0.2, 0) is 4.74 Å². The molecule has 17 heavy (non-hydrogen) atoms. The normalized spacial score (nSPS) is 9.94. The van der Waals surface area contributed by atoms with E-state index in [9.17, 15) is 0 Å². The van der Waals surface area contributed by atoms with Gasteiger partial charge in [0.05, 0.1) is 31.0 Å². The fourth-order valence-electron chi connectivity index (χ4n) is 1.45. The molecule has 0 aliphatic heterocycles. The van der Waals surface area contributed by atoms with Crippen LogP contribution in [0.2, 0.25) is 0 Å². The predicted molar refractivity (Wildman–Crippen MR) is 67.7 cm³/mol. The maximum atomic E-state index is 8.64. The standard InChI is InChI=1S/C12H18N4O/c1-10-8-12(15-9-11(10)14)16(5-3-4-13)6-7-17-2/h8-9H,3,5-7,14H2,1-2H3. The molecule has 1 aromatic heterocycles. The Morgan fingerprint density at radius 2 is 2.29 bits per heavy atom. The molecular formula is C12H18N4O. The van der Waals surface area contributed by atoms with E-state index in [1.54, 1.807) is 13.3 Å². The van der Waals surface area contributed by atoms with E-state index in [0.29, 0.717) is 31.8 Å². The number of hydrogen-bond donors (Lipinski definition) is 1. The summed E-state index contributed by atoms with van der Waals surface area (Å²) in [6.07, 6.45) is 2.12. The van der Waals surface area contributed by atoms with Gasteiger partial charge in [-0.3, -0.25) is 0 Å². The van der Waals surface area contributed by atoms with Gasteiger partial charge in [-0.25, -0.2) is 4.98 Å². The Kier molecular flexibility index (Phi) is 5.24. The van der Waals surface area contributed by atoms with Gasteiger partial charge >= 0.3 is 0 Å². The molecule has 0 unspecified atom stereocenters. The van der Waals surface area contributed by atoms with Crippen molar-refractivity contribution >= 4 is 11.5 Å². The molecule has 0 aliphatic carbocycles. The molecule has 0 aromatic carbocycles. The Hall–Kier alpha value is -1.80. The lowest BCUT2D eigenvalue weighted by Gasteiger charge is -2.22. The maximum absolute atomic E-state index is 8.64. The summed E-state index contributed by atoms with van der Waals surface area (Å²) in [7, 11) is 1.66. The molecule has 0 bridgehead atoms. The minimum Gasteiger partial charge on any atom is -0.397 e. The van der Waals surface area contributed by atoms with E-state index >= 15 is 0 Å². The number of ether oxygens (including phenoxy) is 1. The minimum absolute atomic E-state index is 0.467. The number of hydrogen-bond acceptors (Lipinski definition) is 5. The molecular weight excluding hydrogens is 216 g/mol. The number of nitrogen functional groups attached to an aromatic ring is 1. The van der Waals surface area contributed by atoms with Crippen molar-refractivity contribution in [1.82, 2.24) is 4.98 Å². The van der Waals surface area contributed by atoms with E-state index in [1.807, 2.05) is 17.9 Å². The van der Waals surface area contributed by atoms with Gasteiger partial charge in [-0.15, -0.1) is 0 Å². The highest BCUT2D eigenvalue weighted by Crippen LogP contribution is 2.17. The Labute approximate surface area is 102 Å². The summed E-state index contributed by atoms with van der Waals surface area (Å²) in [5.41, 5.74) is 7.41. The predicted octanol–water partition coefficient (Wildman–Crippen LogP) is 1.34. The number of rotatable bonds is 6. The molecule has 5 nitrogen and oxygen atoms in total. The van der Waals surface area contributed by atoms with Gasteiger partial charge in [0.15, 0.2) is 0 Å². The van der Waals surface area contributed by atoms with Crippen molar-refractivity contribution < 1.29 is 4.74 Å². The first kappa shape index (κ1) is 13.3. The van der Waals surface area contributed by atoms with Crippen molar-refractivity contribution in [1.29, 1.82) is 5.26 Å². The third kappa shape index (κ3) is 3.93. The number of pyridine rings is 1. The molecule has 1 heterocycles. The maximum Gasteiger partial charge on any atom is 0.129 e. The third-order valence-electron chi connectivity index (χ3n) is 2.52. The quantitative estimate of drug-likeness (QED) is 0.803. The highest BCUT2D eigenvalue weighted by atomic mass is 16.5. The Morgan fingerprint density at radius 3 is 2.88 bits per heavy atom. The van der Waals surface area contributed by atoms with Gasteiger partial charge in [0.1, 0.15) is 5.82 Å². The van der Waals surface area contributed by atoms with Crippen LogP contribution in [0, 0.1) is 18.3 Å². The second-order valence-corrected chi connectivity index (χ2v) is 3.79. The summed E-state index contributed by atoms with van der Waals surface area (Å²) in [5.74, 6) is 0.837. The first-order chi connectivity index (χ1) is 8.19. The summed E-state index contributed by atoms with van der Waals surface area (Å²) in [5, 5.41) is 8.64. The molecule has 1 rings (SSSR count). The van der Waals surface area contributed by atoms with Crippen LogP contribution < -0.4 is 10.6 Å². The fourth-order valence-corrected chi connectivity index (χ4v) is 1.45. The summed E-state index contributed by atoms with van der Waals surface area (Å²) < 4.78 is 5.05. The summed E-state index contributed by atoms with van der Waals surface area (Å²) >= 11 is 0. The molecule has 0 saturated carbocycles. The topological polar surface area (TPSA) is 75.2 Å². The highest BCUT2D eigenvalue weighted by molar-refractivity contribution is 5.52. The lowest BCUT2D eigenvalue weighted by molar-refractivity contribution is 0.205. The van der Waals surface area contributed by atoms with Crippen LogP contribution in [0.25, 0.3) is 0 Å². The molecule has 0 atom stereocenters. The summed E-state index contributed by atoms with van der Waals surface area (Å²) in [6, 6.07) is 4.07. The van der Waals surface area contributed by atoms with Gasteiger partial charge in [-0.1, -0.05) is 0 Å². The van der Waals surface area contributed by atoms with Gasteiger partial charge in [0, 0.05) is 20.2 Å². The van der Waals surface area contributed by atoms with Crippen LogP contribution >= 0.6 is 0 Å². The lowest BCUT2D eigenvalue weighted by atomic mass is 10.2. The highest BCUT2D eigenvalue weighted by Gasteiger charge is 2.08. The summed E-state index contributed by atoms with van der Waals surface area (Å²) in [6.45, 7) is 3.92. The molecule has 92 valence electrons. The molecule has 5 heteroatoms. The van der Waals surface area contributed by atoms with Crippen molar-refractivity contribution in [3.05, 3.63) is 17.8 Å². The molecule has 0 amide bonds. The molecule has 0 saturated heterocycles. The molecule has 1 aromatic rings. The van der Waals surface area contributed by atoms with Gasteiger partial charge in [-0.05, 0) is 18.6 Å². The lowest BCUT2D eigenvalue weighted by Crippen LogP contribution is -2.29.